The predicted octanol–water partition coefficient (Wildman–Crippen LogP) is 1.13. The summed E-state index contributed by atoms with van der Waals surface area (Å²) in [6, 6.07) is 8.38. The summed E-state index contributed by atoms with van der Waals surface area (Å²) in [5.74, 6) is 0. The third kappa shape index (κ3) is 3.01. The Labute approximate surface area is 120 Å². The van der Waals surface area contributed by atoms with Gasteiger partial charge in [0.05, 0.1) is 11.0 Å². The van der Waals surface area contributed by atoms with E-state index in [-0.39, 0.29) is 4.90 Å². The lowest BCUT2D eigenvalue weighted by molar-refractivity contribution is 0.312. The molecule has 20 heavy (non-hydrogen) atoms. The minimum atomic E-state index is -3.58. The van der Waals surface area contributed by atoms with Crippen LogP contribution in [-0.4, -0.2) is 38.4 Å². The summed E-state index contributed by atoms with van der Waals surface area (Å²) in [5.41, 5.74) is 1.13. The van der Waals surface area contributed by atoms with Gasteiger partial charge in [-0.15, -0.1) is 0 Å². The van der Waals surface area contributed by atoms with Crippen LogP contribution >= 0.6 is 0 Å². The number of aryl methyl sites for hydroxylation is 1. The van der Waals surface area contributed by atoms with E-state index in [1.807, 2.05) is 18.2 Å². The Balaban J connectivity index is 2.27. The summed E-state index contributed by atoms with van der Waals surface area (Å²) in [6.07, 6.45) is 1.97. The average Bonchev–Trinajstić information content (AvgIpc) is 2.48. The molecule has 1 N–H and O–H groups in total. The number of rotatable bonds is 4. The van der Waals surface area contributed by atoms with E-state index in [0.29, 0.717) is 19.6 Å². The SMILES string of the molecule is CCCc1ccc(S(=O)(=O)N2CCNCC2C#N)cc1. The molecular weight excluding hydrogens is 274 g/mol. The van der Waals surface area contributed by atoms with Crippen LogP contribution in [0.5, 0.6) is 0 Å². The van der Waals surface area contributed by atoms with Gasteiger partial charge in [0, 0.05) is 19.6 Å². The molecule has 0 aromatic heterocycles. The molecule has 108 valence electrons. The van der Waals surface area contributed by atoms with Crippen molar-refractivity contribution in [2.24, 2.45) is 0 Å². The number of benzene rings is 1. The van der Waals surface area contributed by atoms with Gasteiger partial charge in [-0.2, -0.15) is 9.57 Å². The fraction of sp³-hybridized carbons (Fsp3) is 0.500. The van der Waals surface area contributed by atoms with Crippen molar-refractivity contribution in [3.63, 3.8) is 0 Å². The second-order valence-electron chi connectivity index (χ2n) is 4.86. The van der Waals surface area contributed by atoms with Crippen molar-refractivity contribution in [3.05, 3.63) is 29.8 Å². The molecule has 0 radical (unpaired) electrons. The Kier molecular flexibility index (Phi) is 4.76. The van der Waals surface area contributed by atoms with E-state index in [4.69, 9.17) is 5.26 Å². The summed E-state index contributed by atoms with van der Waals surface area (Å²) in [4.78, 5) is 0.263. The van der Waals surface area contributed by atoms with Gasteiger partial charge in [-0.25, -0.2) is 8.42 Å². The van der Waals surface area contributed by atoms with Gasteiger partial charge in [0.15, 0.2) is 0 Å². The van der Waals surface area contributed by atoms with Gasteiger partial charge in [-0.1, -0.05) is 25.5 Å². The molecular formula is C14H19N3O2S. The van der Waals surface area contributed by atoms with Gasteiger partial charge in [-0.05, 0) is 24.1 Å². The van der Waals surface area contributed by atoms with Crippen LogP contribution in [-0.2, 0) is 16.4 Å². The van der Waals surface area contributed by atoms with Gasteiger partial charge in [0.1, 0.15) is 6.04 Å². The fourth-order valence-corrected chi connectivity index (χ4v) is 3.87. The molecule has 1 fully saturated rings. The number of sulfonamides is 1. The highest BCUT2D eigenvalue weighted by Gasteiger charge is 2.33. The van der Waals surface area contributed by atoms with Crippen LogP contribution in [0.4, 0.5) is 0 Å². The molecule has 1 aromatic carbocycles. The van der Waals surface area contributed by atoms with Crippen LogP contribution in [0.2, 0.25) is 0 Å². The number of nitrogens with one attached hydrogen (secondary N) is 1. The minimum Gasteiger partial charge on any atom is -0.313 e. The van der Waals surface area contributed by atoms with Crippen molar-refractivity contribution >= 4 is 10.0 Å². The summed E-state index contributed by atoms with van der Waals surface area (Å²) in [5, 5.41) is 12.1. The third-order valence-corrected chi connectivity index (χ3v) is 5.33. The van der Waals surface area contributed by atoms with Gasteiger partial charge in [0.2, 0.25) is 10.0 Å². The van der Waals surface area contributed by atoms with E-state index in [1.165, 1.54) is 4.31 Å². The summed E-state index contributed by atoms with van der Waals surface area (Å²) < 4.78 is 26.4. The predicted molar refractivity (Wildman–Crippen MR) is 76.6 cm³/mol. The molecule has 0 saturated carbocycles. The smallest absolute Gasteiger partial charge is 0.244 e. The van der Waals surface area contributed by atoms with Gasteiger partial charge < -0.3 is 5.32 Å². The topological polar surface area (TPSA) is 73.2 Å². The maximum atomic E-state index is 12.6. The zero-order valence-electron chi connectivity index (χ0n) is 11.5. The summed E-state index contributed by atoms with van der Waals surface area (Å²) in [6.45, 7) is 3.37. The Morgan fingerprint density at radius 1 is 1.40 bits per heavy atom. The van der Waals surface area contributed by atoms with E-state index in [0.717, 1.165) is 18.4 Å². The minimum absolute atomic E-state index is 0.263. The van der Waals surface area contributed by atoms with Crippen molar-refractivity contribution in [1.29, 1.82) is 5.26 Å². The van der Waals surface area contributed by atoms with Crippen molar-refractivity contribution in [2.75, 3.05) is 19.6 Å². The molecule has 2 rings (SSSR count). The van der Waals surface area contributed by atoms with Gasteiger partial charge >= 0.3 is 0 Å². The van der Waals surface area contributed by atoms with Crippen molar-refractivity contribution in [3.8, 4) is 6.07 Å². The molecule has 1 saturated heterocycles. The van der Waals surface area contributed by atoms with E-state index in [1.54, 1.807) is 12.1 Å². The molecule has 0 spiro atoms. The van der Waals surface area contributed by atoms with Crippen LogP contribution < -0.4 is 5.32 Å². The lowest BCUT2D eigenvalue weighted by Gasteiger charge is -2.30. The van der Waals surface area contributed by atoms with Crippen LogP contribution in [0, 0.1) is 11.3 Å². The first-order valence-corrected chi connectivity index (χ1v) is 8.24. The number of piperazine rings is 1. The molecule has 5 nitrogen and oxygen atoms in total. The summed E-state index contributed by atoms with van der Waals surface area (Å²) >= 11 is 0. The zero-order valence-corrected chi connectivity index (χ0v) is 12.4. The Morgan fingerprint density at radius 2 is 2.10 bits per heavy atom. The monoisotopic (exact) mass is 293 g/mol. The van der Waals surface area contributed by atoms with Gasteiger partial charge in [-0.3, -0.25) is 0 Å². The normalized spacial score (nSPS) is 20.5. The maximum absolute atomic E-state index is 12.6. The highest BCUT2D eigenvalue weighted by Crippen LogP contribution is 2.20. The lowest BCUT2D eigenvalue weighted by Crippen LogP contribution is -2.52. The van der Waals surface area contributed by atoms with E-state index in [9.17, 15) is 8.42 Å². The molecule has 1 aliphatic rings. The molecule has 0 bridgehead atoms. The second kappa shape index (κ2) is 6.35. The average molecular weight is 293 g/mol. The Morgan fingerprint density at radius 3 is 2.70 bits per heavy atom. The van der Waals surface area contributed by atoms with Crippen molar-refractivity contribution < 1.29 is 8.42 Å². The van der Waals surface area contributed by atoms with Crippen LogP contribution in [0.1, 0.15) is 18.9 Å². The van der Waals surface area contributed by atoms with E-state index < -0.39 is 16.1 Å². The highest BCUT2D eigenvalue weighted by atomic mass is 32.2. The zero-order chi connectivity index (χ0) is 14.6. The molecule has 6 heteroatoms. The third-order valence-electron chi connectivity index (χ3n) is 3.41. The van der Waals surface area contributed by atoms with Crippen molar-refractivity contribution in [1.82, 2.24) is 9.62 Å². The molecule has 1 unspecified atom stereocenters. The van der Waals surface area contributed by atoms with E-state index >= 15 is 0 Å². The molecule has 1 atom stereocenters. The number of nitriles is 1. The molecule has 1 aliphatic heterocycles. The van der Waals surface area contributed by atoms with Crippen LogP contribution in [0.15, 0.2) is 29.2 Å². The van der Waals surface area contributed by atoms with Gasteiger partial charge in [0.25, 0.3) is 0 Å². The van der Waals surface area contributed by atoms with Crippen molar-refractivity contribution in [2.45, 2.75) is 30.7 Å². The lowest BCUT2D eigenvalue weighted by atomic mass is 10.1. The first-order valence-electron chi connectivity index (χ1n) is 6.80. The number of nitrogens with zero attached hydrogens (tertiary/aromatic N) is 2. The van der Waals surface area contributed by atoms with E-state index in [2.05, 4.69) is 12.2 Å². The first-order chi connectivity index (χ1) is 9.59. The second-order valence-corrected chi connectivity index (χ2v) is 6.75. The molecule has 1 heterocycles. The van der Waals surface area contributed by atoms with Crippen LogP contribution in [0.25, 0.3) is 0 Å². The highest BCUT2D eigenvalue weighted by molar-refractivity contribution is 7.89. The molecule has 1 aromatic rings. The van der Waals surface area contributed by atoms with Crippen LogP contribution in [0.3, 0.4) is 0 Å². The first kappa shape index (κ1) is 15.0. The standard InChI is InChI=1S/C14H19N3O2S/c1-2-3-12-4-6-14(7-5-12)20(18,19)17-9-8-16-11-13(17)10-15/h4-7,13,16H,2-3,8-9,11H2,1H3. The fourth-order valence-electron chi connectivity index (χ4n) is 2.34. The quantitative estimate of drug-likeness (QED) is 0.903. The summed E-state index contributed by atoms with van der Waals surface area (Å²) in [7, 11) is -3.58. The number of hydrogen-bond donors (Lipinski definition) is 1. The Hall–Kier alpha value is -1.42. The largest absolute Gasteiger partial charge is 0.313 e. The Bertz CT molecular complexity index is 590. The molecule has 0 aliphatic carbocycles. The maximum Gasteiger partial charge on any atom is 0.244 e. The molecule has 0 amide bonds. The number of hydrogen-bond acceptors (Lipinski definition) is 4.